The SMILES string of the molecule is Cc1oc(C2(C)CC=CCC2)nc1CCOc1ccc(CN2C(=O)CSC2=O)cc1.[NaH]. The summed E-state index contributed by atoms with van der Waals surface area (Å²) in [5, 5.41) is -0.180. The van der Waals surface area contributed by atoms with E-state index >= 15 is 0 Å². The maximum atomic E-state index is 11.7. The molecule has 1 aromatic carbocycles. The van der Waals surface area contributed by atoms with Gasteiger partial charge in [0.15, 0.2) is 0 Å². The molecule has 4 rings (SSSR count). The van der Waals surface area contributed by atoms with Crippen LogP contribution in [0.25, 0.3) is 0 Å². The van der Waals surface area contributed by atoms with Crippen LogP contribution in [-0.4, -0.2) is 62.9 Å². The van der Waals surface area contributed by atoms with Gasteiger partial charge in [0.2, 0.25) is 11.8 Å². The fourth-order valence-electron chi connectivity index (χ4n) is 3.75. The number of benzene rings is 1. The van der Waals surface area contributed by atoms with Crippen LogP contribution < -0.4 is 4.74 Å². The van der Waals surface area contributed by atoms with E-state index in [0.717, 1.165) is 59.7 Å². The van der Waals surface area contributed by atoms with Crippen molar-refractivity contribution in [2.45, 2.75) is 51.5 Å². The molecular formula is C23H27N2NaO4S. The molecule has 160 valence electrons. The van der Waals surface area contributed by atoms with Crippen molar-refractivity contribution >= 4 is 52.5 Å². The fourth-order valence-corrected chi connectivity index (χ4v) is 4.48. The first-order valence-corrected chi connectivity index (χ1v) is 11.2. The molecule has 1 aliphatic carbocycles. The third kappa shape index (κ3) is 5.64. The Hall–Kier alpha value is -1.54. The first-order valence-electron chi connectivity index (χ1n) is 10.3. The number of nitrogens with zero attached hydrogens (tertiary/aromatic N) is 2. The Labute approximate surface area is 209 Å². The Morgan fingerprint density at radius 3 is 2.65 bits per heavy atom. The molecule has 2 aliphatic rings. The van der Waals surface area contributed by atoms with Gasteiger partial charge in [-0.15, -0.1) is 0 Å². The summed E-state index contributed by atoms with van der Waals surface area (Å²) in [4.78, 5) is 29.5. The molecular weight excluding hydrogens is 423 g/mol. The van der Waals surface area contributed by atoms with Gasteiger partial charge in [-0.2, -0.15) is 0 Å². The van der Waals surface area contributed by atoms with Crippen LogP contribution in [-0.2, 0) is 23.2 Å². The Morgan fingerprint density at radius 1 is 1.23 bits per heavy atom. The van der Waals surface area contributed by atoms with Crippen molar-refractivity contribution in [1.82, 2.24) is 9.88 Å². The van der Waals surface area contributed by atoms with Gasteiger partial charge in [0.05, 0.1) is 24.6 Å². The van der Waals surface area contributed by atoms with E-state index in [4.69, 9.17) is 14.1 Å². The molecule has 2 aromatic rings. The number of carbonyl (C=O) groups excluding carboxylic acids is 2. The number of aromatic nitrogens is 1. The summed E-state index contributed by atoms with van der Waals surface area (Å²) in [6.45, 7) is 4.98. The molecule has 0 saturated carbocycles. The second-order valence-corrected chi connectivity index (χ2v) is 9.00. The van der Waals surface area contributed by atoms with Gasteiger partial charge in [-0.25, -0.2) is 4.98 Å². The second kappa shape index (κ2) is 10.4. The zero-order chi connectivity index (χ0) is 21.1. The van der Waals surface area contributed by atoms with Crippen molar-refractivity contribution in [1.29, 1.82) is 0 Å². The van der Waals surface area contributed by atoms with E-state index in [9.17, 15) is 9.59 Å². The zero-order valence-corrected chi connectivity index (χ0v) is 18.2. The normalized spacial score (nSPS) is 20.8. The first-order chi connectivity index (χ1) is 14.4. The molecule has 2 amide bonds. The number of imide groups is 1. The molecule has 1 fully saturated rings. The average Bonchev–Trinajstić information content (AvgIpc) is 3.27. The number of ether oxygens (including phenoxy) is 1. The molecule has 1 aromatic heterocycles. The number of thioether (sulfide) groups is 1. The zero-order valence-electron chi connectivity index (χ0n) is 17.3. The Kier molecular flexibility index (Phi) is 8.08. The topological polar surface area (TPSA) is 72.6 Å². The number of amides is 2. The molecule has 1 atom stereocenters. The monoisotopic (exact) mass is 450 g/mol. The van der Waals surface area contributed by atoms with Gasteiger partial charge in [0.1, 0.15) is 11.5 Å². The minimum atomic E-state index is -0.180. The summed E-state index contributed by atoms with van der Waals surface area (Å²) >= 11 is 1.05. The van der Waals surface area contributed by atoms with Crippen molar-refractivity contribution in [3.05, 3.63) is 59.3 Å². The second-order valence-electron chi connectivity index (χ2n) is 8.07. The molecule has 1 unspecified atom stereocenters. The van der Waals surface area contributed by atoms with Crippen molar-refractivity contribution in [3.63, 3.8) is 0 Å². The van der Waals surface area contributed by atoms with E-state index in [0.29, 0.717) is 19.6 Å². The number of hydrogen-bond donors (Lipinski definition) is 0. The quantitative estimate of drug-likeness (QED) is 0.466. The van der Waals surface area contributed by atoms with Crippen LogP contribution >= 0.6 is 11.8 Å². The van der Waals surface area contributed by atoms with Gasteiger partial charge in [0, 0.05) is 11.8 Å². The van der Waals surface area contributed by atoms with Crippen molar-refractivity contribution in [2.24, 2.45) is 0 Å². The Balaban J connectivity index is 0.00000272. The molecule has 0 N–H and O–H groups in total. The standard InChI is InChI=1S/C23H26N2O4S.Na.H/c1-16-19(24-21(29-16)23(2)11-4-3-5-12-23)10-13-28-18-8-6-17(7-9-18)14-25-20(26)15-30-22(25)27;;/h3-4,6-9H,5,10-15H2,1-2H3;;. The predicted molar refractivity (Wildman–Crippen MR) is 123 cm³/mol. The van der Waals surface area contributed by atoms with Gasteiger partial charge in [-0.1, -0.05) is 43.0 Å². The van der Waals surface area contributed by atoms with Crippen molar-refractivity contribution in [3.8, 4) is 5.75 Å². The number of aryl methyl sites for hydroxylation is 1. The van der Waals surface area contributed by atoms with E-state index < -0.39 is 0 Å². The maximum absolute atomic E-state index is 11.7. The van der Waals surface area contributed by atoms with Crippen LogP contribution in [0.3, 0.4) is 0 Å². The van der Waals surface area contributed by atoms with Gasteiger partial charge in [0.25, 0.3) is 5.24 Å². The van der Waals surface area contributed by atoms with E-state index in [2.05, 4.69) is 19.1 Å². The summed E-state index contributed by atoms with van der Waals surface area (Å²) in [5.74, 6) is 2.54. The molecule has 31 heavy (non-hydrogen) atoms. The summed E-state index contributed by atoms with van der Waals surface area (Å²) < 4.78 is 11.9. The molecule has 0 radical (unpaired) electrons. The molecule has 8 heteroatoms. The van der Waals surface area contributed by atoms with Crippen LogP contribution in [0.4, 0.5) is 4.79 Å². The van der Waals surface area contributed by atoms with E-state index in [1.165, 1.54) is 4.90 Å². The van der Waals surface area contributed by atoms with E-state index in [1.807, 2.05) is 31.2 Å². The van der Waals surface area contributed by atoms with Gasteiger partial charge < -0.3 is 9.15 Å². The number of rotatable bonds is 7. The van der Waals surface area contributed by atoms with Crippen molar-refractivity contribution in [2.75, 3.05) is 12.4 Å². The van der Waals surface area contributed by atoms with Gasteiger partial charge in [-0.3, -0.25) is 14.5 Å². The third-order valence-electron chi connectivity index (χ3n) is 5.72. The molecule has 6 nitrogen and oxygen atoms in total. The number of hydrogen-bond acceptors (Lipinski definition) is 6. The summed E-state index contributed by atoms with van der Waals surface area (Å²) in [6.07, 6.45) is 8.19. The molecule has 0 bridgehead atoms. The molecule has 0 spiro atoms. The van der Waals surface area contributed by atoms with Crippen LogP contribution in [0.2, 0.25) is 0 Å². The summed E-state index contributed by atoms with van der Waals surface area (Å²) in [5.41, 5.74) is 1.82. The first kappa shape index (κ1) is 24.1. The summed E-state index contributed by atoms with van der Waals surface area (Å²) in [7, 11) is 0. The predicted octanol–water partition coefficient (Wildman–Crippen LogP) is 4.15. The minimum absolute atomic E-state index is 0. The van der Waals surface area contributed by atoms with E-state index in [-0.39, 0.29) is 51.9 Å². The average molecular weight is 451 g/mol. The molecule has 1 aliphatic heterocycles. The number of carbonyl (C=O) groups is 2. The van der Waals surface area contributed by atoms with Crippen LogP contribution in [0.15, 0.2) is 40.8 Å². The number of oxazole rings is 1. The van der Waals surface area contributed by atoms with Crippen LogP contribution in [0.1, 0.15) is 49.1 Å². The van der Waals surface area contributed by atoms with E-state index in [1.54, 1.807) is 0 Å². The van der Waals surface area contributed by atoms with Crippen LogP contribution in [0.5, 0.6) is 5.75 Å². The summed E-state index contributed by atoms with van der Waals surface area (Å²) in [6, 6.07) is 7.50. The van der Waals surface area contributed by atoms with Crippen LogP contribution in [0, 0.1) is 6.92 Å². The molecule has 2 heterocycles. The Bertz CT molecular complexity index is 956. The molecule has 1 saturated heterocycles. The van der Waals surface area contributed by atoms with Crippen molar-refractivity contribution < 1.29 is 18.7 Å². The fraction of sp³-hybridized carbons (Fsp3) is 0.435. The Morgan fingerprint density at radius 2 is 2.00 bits per heavy atom. The van der Waals surface area contributed by atoms with Gasteiger partial charge >= 0.3 is 29.6 Å². The number of allylic oxidation sites excluding steroid dienone is 2. The third-order valence-corrected chi connectivity index (χ3v) is 6.58. The van der Waals surface area contributed by atoms with Gasteiger partial charge in [-0.05, 0) is 43.9 Å².